The van der Waals surface area contributed by atoms with Crippen LogP contribution in [0.3, 0.4) is 0 Å². The summed E-state index contributed by atoms with van der Waals surface area (Å²) < 4.78 is 16.9. The number of benzene rings is 2. The summed E-state index contributed by atoms with van der Waals surface area (Å²) in [5.41, 5.74) is 2.09. The van der Waals surface area contributed by atoms with Crippen LogP contribution < -0.4 is 10.8 Å². The van der Waals surface area contributed by atoms with Crippen LogP contribution in [0.25, 0.3) is 0 Å². The van der Waals surface area contributed by atoms with E-state index in [1.165, 1.54) is 7.11 Å². The Morgan fingerprint density at radius 2 is 1.73 bits per heavy atom. The summed E-state index contributed by atoms with van der Waals surface area (Å²) in [6.45, 7) is 8.02. The van der Waals surface area contributed by atoms with E-state index in [2.05, 4.69) is 5.32 Å². The van der Waals surface area contributed by atoms with Crippen molar-refractivity contribution < 1.29 is 23.6 Å². The minimum absolute atomic E-state index is 0.0752. The summed E-state index contributed by atoms with van der Waals surface area (Å²) in [5.74, 6) is -0.301. The van der Waals surface area contributed by atoms with E-state index in [1.54, 1.807) is 18.2 Å². The third-order valence-electron chi connectivity index (χ3n) is 6.34. The molecule has 6 nitrogen and oxygen atoms in total. The number of carbonyl (C=O) groups excluding carboxylic acids is 2. The molecule has 0 atom stereocenters. The predicted octanol–water partition coefficient (Wildman–Crippen LogP) is 4.43. The normalized spacial score (nSPS) is 16.5. The summed E-state index contributed by atoms with van der Waals surface area (Å²) in [6.07, 6.45) is 1.74. The largest absolute Gasteiger partial charge is 0.496 e. The summed E-state index contributed by atoms with van der Waals surface area (Å²) >= 11 is 6.42. The lowest BCUT2D eigenvalue weighted by Gasteiger charge is -2.32. The van der Waals surface area contributed by atoms with Crippen molar-refractivity contribution in [2.45, 2.75) is 58.2 Å². The lowest BCUT2D eigenvalue weighted by atomic mass is 9.78. The van der Waals surface area contributed by atoms with Gasteiger partial charge in [-0.3, -0.25) is 9.59 Å². The number of aryl methyl sites for hydroxylation is 1. The standard InChI is InChI=1S/C25H31BClNO5/c1-24(2)25(3,4)33-26(32-24)19-15-18(13-14-20(19)27)22(29)16-28-21-11-7-6-9-17(21)10-8-12-23(30)31-5/h6-7,9,11,13-15,28H,8,10,12,16H2,1-5H3. The zero-order chi connectivity index (χ0) is 24.2. The number of hydrogen-bond donors (Lipinski definition) is 1. The van der Waals surface area contributed by atoms with Crippen molar-refractivity contribution in [3.05, 3.63) is 58.6 Å². The molecule has 1 aliphatic rings. The molecule has 2 aromatic rings. The molecule has 1 aliphatic heterocycles. The number of esters is 1. The molecule has 33 heavy (non-hydrogen) atoms. The van der Waals surface area contributed by atoms with Crippen LogP contribution in [0.4, 0.5) is 5.69 Å². The quantitative estimate of drug-likeness (QED) is 0.331. The molecule has 0 aliphatic carbocycles. The fourth-order valence-electron chi connectivity index (χ4n) is 3.58. The molecule has 0 saturated carbocycles. The number of Topliss-reactive ketones (excluding diaryl/α,β-unsaturated/α-hetero) is 1. The molecule has 8 heteroatoms. The van der Waals surface area contributed by atoms with Crippen molar-refractivity contribution in [2.24, 2.45) is 0 Å². The maximum atomic E-state index is 13.0. The van der Waals surface area contributed by atoms with E-state index in [0.717, 1.165) is 11.3 Å². The minimum Gasteiger partial charge on any atom is -0.469 e. The fourth-order valence-corrected chi connectivity index (χ4v) is 3.79. The van der Waals surface area contributed by atoms with Crippen LogP contribution in [0.2, 0.25) is 5.02 Å². The first-order chi connectivity index (χ1) is 15.5. The minimum atomic E-state index is -0.640. The molecule has 0 spiro atoms. The number of anilines is 1. The van der Waals surface area contributed by atoms with E-state index in [0.29, 0.717) is 35.3 Å². The highest BCUT2D eigenvalue weighted by atomic mass is 35.5. The van der Waals surface area contributed by atoms with Crippen molar-refractivity contribution in [1.29, 1.82) is 0 Å². The second-order valence-corrected chi connectivity index (χ2v) is 9.60. The van der Waals surface area contributed by atoms with Gasteiger partial charge in [0.2, 0.25) is 0 Å². The Bertz CT molecular complexity index is 1010. The molecule has 0 bridgehead atoms. The van der Waals surface area contributed by atoms with E-state index in [9.17, 15) is 9.59 Å². The van der Waals surface area contributed by atoms with Crippen LogP contribution in [-0.4, -0.2) is 43.7 Å². The third-order valence-corrected chi connectivity index (χ3v) is 6.68. The zero-order valence-corrected chi connectivity index (χ0v) is 20.6. The lowest BCUT2D eigenvalue weighted by molar-refractivity contribution is -0.140. The molecule has 3 rings (SSSR count). The molecule has 2 aromatic carbocycles. The number of ketones is 1. The zero-order valence-electron chi connectivity index (χ0n) is 19.9. The third kappa shape index (κ3) is 5.97. The predicted molar refractivity (Wildman–Crippen MR) is 131 cm³/mol. The molecule has 1 heterocycles. The van der Waals surface area contributed by atoms with Gasteiger partial charge in [0.15, 0.2) is 5.78 Å². The number of methoxy groups -OCH3 is 1. The summed E-state index contributed by atoms with van der Waals surface area (Å²) in [7, 11) is 0.747. The first kappa shape index (κ1) is 25.3. The molecule has 1 saturated heterocycles. The van der Waals surface area contributed by atoms with Crippen molar-refractivity contribution >= 4 is 41.6 Å². The van der Waals surface area contributed by atoms with Crippen LogP contribution in [0.5, 0.6) is 0 Å². The first-order valence-electron chi connectivity index (χ1n) is 11.1. The molecular formula is C25H31BClNO5. The fraction of sp³-hybridized carbons (Fsp3) is 0.440. The number of carbonyl (C=O) groups is 2. The topological polar surface area (TPSA) is 73.9 Å². The van der Waals surface area contributed by atoms with E-state index in [4.69, 9.17) is 25.6 Å². The Morgan fingerprint density at radius 1 is 1.06 bits per heavy atom. The van der Waals surface area contributed by atoms with Crippen molar-refractivity contribution in [3.8, 4) is 0 Å². The SMILES string of the molecule is COC(=O)CCCc1ccccc1NCC(=O)c1ccc(Cl)c(B2OC(C)(C)C(C)(C)O2)c1. The number of halogens is 1. The monoisotopic (exact) mass is 471 g/mol. The molecular weight excluding hydrogens is 441 g/mol. The van der Waals surface area contributed by atoms with E-state index in [1.807, 2.05) is 52.0 Å². The number of rotatable bonds is 9. The second kappa shape index (κ2) is 10.3. The van der Waals surface area contributed by atoms with Gasteiger partial charge in [-0.25, -0.2) is 0 Å². The van der Waals surface area contributed by atoms with Crippen LogP contribution in [0.1, 0.15) is 56.5 Å². The molecule has 176 valence electrons. The Balaban J connectivity index is 1.68. The highest BCUT2D eigenvalue weighted by Gasteiger charge is 2.52. The van der Waals surface area contributed by atoms with Crippen molar-refractivity contribution in [3.63, 3.8) is 0 Å². The Kier molecular flexibility index (Phi) is 7.88. The maximum Gasteiger partial charge on any atom is 0.496 e. The Morgan fingerprint density at radius 3 is 2.39 bits per heavy atom. The van der Waals surface area contributed by atoms with E-state index < -0.39 is 18.3 Å². The Labute approximate surface area is 201 Å². The van der Waals surface area contributed by atoms with Crippen LogP contribution >= 0.6 is 11.6 Å². The number of nitrogens with one attached hydrogen (secondary N) is 1. The van der Waals surface area contributed by atoms with Gasteiger partial charge >= 0.3 is 13.1 Å². The summed E-state index contributed by atoms with van der Waals surface area (Å²) in [4.78, 5) is 24.3. The lowest BCUT2D eigenvalue weighted by Crippen LogP contribution is -2.41. The highest BCUT2D eigenvalue weighted by Crippen LogP contribution is 2.37. The van der Waals surface area contributed by atoms with Gasteiger partial charge in [-0.2, -0.15) is 0 Å². The van der Waals surface area contributed by atoms with Gasteiger partial charge in [-0.15, -0.1) is 0 Å². The average molecular weight is 472 g/mol. The number of ether oxygens (including phenoxy) is 1. The van der Waals surface area contributed by atoms with Crippen molar-refractivity contribution in [2.75, 3.05) is 19.0 Å². The highest BCUT2D eigenvalue weighted by molar-refractivity contribution is 6.65. The Hall–Kier alpha value is -2.35. The average Bonchev–Trinajstić information content (AvgIpc) is 2.99. The van der Waals surface area contributed by atoms with Gasteiger partial charge in [-0.05, 0) is 64.3 Å². The molecule has 1 fully saturated rings. The molecule has 0 aromatic heterocycles. The summed E-state index contributed by atoms with van der Waals surface area (Å²) in [6, 6.07) is 12.9. The van der Waals surface area contributed by atoms with Gasteiger partial charge in [0.05, 0.1) is 24.9 Å². The van der Waals surface area contributed by atoms with Crippen LogP contribution in [-0.2, 0) is 25.3 Å². The van der Waals surface area contributed by atoms with E-state index in [-0.39, 0.29) is 18.3 Å². The van der Waals surface area contributed by atoms with Gasteiger partial charge in [0, 0.05) is 28.2 Å². The maximum absolute atomic E-state index is 13.0. The number of hydrogen-bond acceptors (Lipinski definition) is 6. The van der Waals surface area contributed by atoms with Crippen LogP contribution in [0.15, 0.2) is 42.5 Å². The molecule has 1 N–H and O–H groups in total. The van der Waals surface area contributed by atoms with Gasteiger partial charge in [-0.1, -0.05) is 35.9 Å². The van der Waals surface area contributed by atoms with Gasteiger partial charge in [0.1, 0.15) is 0 Å². The smallest absolute Gasteiger partial charge is 0.469 e. The molecule has 0 radical (unpaired) electrons. The van der Waals surface area contributed by atoms with Crippen molar-refractivity contribution in [1.82, 2.24) is 0 Å². The number of para-hydroxylation sites is 1. The van der Waals surface area contributed by atoms with Gasteiger partial charge < -0.3 is 19.4 Å². The van der Waals surface area contributed by atoms with E-state index >= 15 is 0 Å². The molecule has 0 unspecified atom stereocenters. The first-order valence-corrected chi connectivity index (χ1v) is 11.5. The van der Waals surface area contributed by atoms with Crippen LogP contribution in [0, 0.1) is 0 Å². The molecule has 0 amide bonds. The van der Waals surface area contributed by atoms with Gasteiger partial charge in [0.25, 0.3) is 0 Å². The summed E-state index contributed by atoms with van der Waals surface area (Å²) in [5, 5.41) is 3.73. The second-order valence-electron chi connectivity index (χ2n) is 9.19.